The molecule has 0 saturated carbocycles. The first-order valence-electron chi connectivity index (χ1n) is 4.04. The predicted octanol–water partition coefficient (Wildman–Crippen LogP) is 0.497. The van der Waals surface area contributed by atoms with E-state index in [0.29, 0.717) is 0 Å². The van der Waals surface area contributed by atoms with Crippen molar-refractivity contribution in [2.75, 3.05) is 5.32 Å². The van der Waals surface area contributed by atoms with Gasteiger partial charge >= 0.3 is 10.1 Å². The van der Waals surface area contributed by atoms with Crippen LogP contribution in [0.15, 0.2) is 23.1 Å². The van der Waals surface area contributed by atoms with Crippen molar-refractivity contribution in [3.63, 3.8) is 0 Å². The Morgan fingerprint density at radius 1 is 1.53 bits per heavy atom. The third kappa shape index (κ3) is 3.34. The summed E-state index contributed by atoms with van der Waals surface area (Å²) in [6.07, 6.45) is 0. The fraction of sp³-hybridized carbons (Fsp3) is 0. The van der Waals surface area contributed by atoms with Crippen LogP contribution in [0.4, 0.5) is 11.4 Å². The van der Waals surface area contributed by atoms with Gasteiger partial charge in [-0.15, -0.1) is 0 Å². The summed E-state index contributed by atoms with van der Waals surface area (Å²) in [6, 6.07) is 2.98. The maximum Gasteiger partial charge on any atom is 0.301 e. The number of nitrogens with one attached hydrogen (secondary N) is 1. The van der Waals surface area contributed by atoms with E-state index in [0.717, 1.165) is 12.1 Å². The highest BCUT2D eigenvalue weighted by atomic mass is 32.2. The van der Waals surface area contributed by atoms with E-state index in [2.05, 4.69) is 17.5 Å². The van der Waals surface area contributed by atoms with Crippen molar-refractivity contribution in [2.45, 2.75) is 4.90 Å². The van der Waals surface area contributed by atoms with Gasteiger partial charge in [-0.25, -0.2) is 0 Å². The van der Waals surface area contributed by atoms with Gasteiger partial charge in [0.25, 0.3) is 5.69 Å². The molecular formula is C7H7N3O5S2. The molecule has 92 valence electrons. The highest BCUT2D eigenvalue weighted by molar-refractivity contribution is 7.86. The molecule has 0 atom stereocenters. The largest absolute Gasteiger partial charge is 0.376 e. The maximum atomic E-state index is 10.9. The van der Waals surface area contributed by atoms with Gasteiger partial charge in [0.05, 0.1) is 4.92 Å². The summed E-state index contributed by atoms with van der Waals surface area (Å²) in [4.78, 5) is 8.91. The van der Waals surface area contributed by atoms with Crippen molar-refractivity contribution in [3.05, 3.63) is 28.3 Å². The number of anilines is 1. The second-order valence-corrected chi connectivity index (χ2v) is 4.73. The van der Waals surface area contributed by atoms with E-state index in [1.54, 1.807) is 0 Å². The van der Waals surface area contributed by atoms with Gasteiger partial charge in [0, 0.05) is 11.8 Å². The summed E-state index contributed by atoms with van der Waals surface area (Å²) in [5.41, 5.74) is 4.54. The topological polar surface area (TPSA) is 136 Å². The lowest BCUT2D eigenvalue weighted by Crippen LogP contribution is -2.19. The van der Waals surface area contributed by atoms with Gasteiger partial charge in [-0.1, -0.05) is 0 Å². The molecule has 0 aliphatic rings. The summed E-state index contributed by atoms with van der Waals surface area (Å²) < 4.78 is 30.5. The molecular weight excluding hydrogens is 270 g/mol. The van der Waals surface area contributed by atoms with Crippen molar-refractivity contribution < 1.29 is 17.9 Å². The second-order valence-electron chi connectivity index (χ2n) is 2.90. The molecule has 8 nitrogen and oxygen atoms in total. The number of hydrogen-bond donors (Lipinski definition) is 3. The summed E-state index contributed by atoms with van der Waals surface area (Å²) in [7, 11) is -4.66. The third-order valence-corrected chi connectivity index (χ3v) is 2.70. The zero-order valence-electron chi connectivity index (χ0n) is 8.15. The van der Waals surface area contributed by atoms with Crippen molar-refractivity contribution >= 4 is 38.8 Å². The number of thiocarbonyl (C=S) groups is 1. The van der Waals surface area contributed by atoms with Gasteiger partial charge in [-0.2, -0.15) is 8.42 Å². The van der Waals surface area contributed by atoms with Crippen LogP contribution in [-0.2, 0) is 10.1 Å². The van der Waals surface area contributed by atoms with Crippen LogP contribution < -0.4 is 11.1 Å². The first-order chi connectivity index (χ1) is 7.71. The van der Waals surface area contributed by atoms with Gasteiger partial charge in [-0.3, -0.25) is 14.7 Å². The minimum Gasteiger partial charge on any atom is -0.376 e. The van der Waals surface area contributed by atoms with E-state index < -0.39 is 25.6 Å². The van der Waals surface area contributed by atoms with Crippen LogP contribution in [0.2, 0.25) is 0 Å². The Balaban J connectivity index is 3.37. The molecule has 4 N–H and O–H groups in total. The van der Waals surface area contributed by atoms with E-state index in [4.69, 9.17) is 10.3 Å². The molecule has 1 rings (SSSR count). The van der Waals surface area contributed by atoms with Gasteiger partial charge in [0.2, 0.25) is 0 Å². The standard InChI is InChI=1S/C7H7N3O5S2/c8-7(16)9-4-1-2-6(17(13,14)15)5(3-4)10(11)12/h1-3H,(H3,8,9,16)(H,13,14,15). The molecule has 1 aromatic carbocycles. The zero-order chi connectivity index (χ0) is 13.2. The summed E-state index contributed by atoms with van der Waals surface area (Å²) in [5, 5.41) is 12.9. The Bertz CT molecular complexity index is 583. The number of hydrogen-bond acceptors (Lipinski definition) is 5. The molecule has 0 radical (unpaired) electrons. The van der Waals surface area contributed by atoms with E-state index in [9.17, 15) is 18.5 Å². The fourth-order valence-corrected chi connectivity index (χ4v) is 1.85. The van der Waals surface area contributed by atoms with Crippen LogP contribution in [0.25, 0.3) is 0 Å². The predicted molar refractivity (Wildman–Crippen MR) is 63.3 cm³/mol. The monoisotopic (exact) mass is 277 g/mol. The van der Waals surface area contributed by atoms with E-state index >= 15 is 0 Å². The maximum absolute atomic E-state index is 10.9. The van der Waals surface area contributed by atoms with Crippen LogP contribution in [0.3, 0.4) is 0 Å². The van der Waals surface area contributed by atoms with E-state index in [1.807, 2.05) is 0 Å². The molecule has 0 saturated heterocycles. The Morgan fingerprint density at radius 2 is 2.12 bits per heavy atom. The van der Waals surface area contributed by atoms with Crippen LogP contribution in [0, 0.1) is 10.1 Å². The molecule has 0 aliphatic heterocycles. The van der Waals surface area contributed by atoms with Gasteiger partial charge in [-0.05, 0) is 24.4 Å². The van der Waals surface area contributed by atoms with E-state index in [-0.39, 0.29) is 10.8 Å². The summed E-state index contributed by atoms with van der Waals surface area (Å²) in [6.45, 7) is 0. The lowest BCUT2D eigenvalue weighted by Gasteiger charge is -2.05. The molecule has 17 heavy (non-hydrogen) atoms. The Morgan fingerprint density at radius 3 is 2.53 bits per heavy atom. The molecule has 0 spiro atoms. The molecule has 1 aromatic rings. The normalized spacial score (nSPS) is 10.9. The highest BCUT2D eigenvalue weighted by Crippen LogP contribution is 2.26. The smallest absolute Gasteiger partial charge is 0.301 e. The minimum atomic E-state index is -4.66. The zero-order valence-corrected chi connectivity index (χ0v) is 9.79. The number of nitro benzene ring substituents is 1. The number of rotatable bonds is 3. The average Bonchev–Trinajstić information content (AvgIpc) is 2.14. The van der Waals surface area contributed by atoms with Crippen LogP contribution in [0.5, 0.6) is 0 Å². The SMILES string of the molecule is NC(=S)Nc1ccc(S(=O)(=O)O)c([N+](=O)[O-])c1. The summed E-state index contributed by atoms with van der Waals surface area (Å²) in [5.74, 6) is 0. The Labute approximate surface area is 101 Å². The van der Waals surface area contributed by atoms with Gasteiger partial charge in [0.1, 0.15) is 0 Å². The lowest BCUT2D eigenvalue weighted by molar-refractivity contribution is -0.387. The molecule has 0 aromatic heterocycles. The van der Waals surface area contributed by atoms with E-state index in [1.165, 1.54) is 6.07 Å². The fourth-order valence-electron chi connectivity index (χ4n) is 1.10. The number of nitrogens with two attached hydrogens (primary N) is 1. The van der Waals surface area contributed by atoms with Crippen LogP contribution >= 0.6 is 12.2 Å². The molecule has 10 heteroatoms. The first kappa shape index (κ1) is 13.3. The highest BCUT2D eigenvalue weighted by Gasteiger charge is 2.24. The molecule has 0 aliphatic carbocycles. The Kier molecular flexibility index (Phi) is 3.60. The molecule has 0 fully saturated rings. The summed E-state index contributed by atoms with van der Waals surface area (Å²) >= 11 is 4.52. The molecule has 0 bridgehead atoms. The third-order valence-electron chi connectivity index (χ3n) is 1.70. The quantitative estimate of drug-likeness (QED) is 0.314. The number of nitrogens with zero attached hydrogens (tertiary/aromatic N) is 1. The van der Waals surface area contributed by atoms with Gasteiger partial charge < -0.3 is 11.1 Å². The Hall–Kier alpha value is -1.78. The number of benzene rings is 1. The molecule has 0 heterocycles. The lowest BCUT2D eigenvalue weighted by atomic mass is 10.3. The van der Waals surface area contributed by atoms with Crippen molar-refractivity contribution in [2.24, 2.45) is 5.73 Å². The van der Waals surface area contributed by atoms with Crippen LogP contribution in [0.1, 0.15) is 0 Å². The van der Waals surface area contributed by atoms with Crippen molar-refractivity contribution in [3.8, 4) is 0 Å². The van der Waals surface area contributed by atoms with Gasteiger partial charge in [0.15, 0.2) is 10.0 Å². The molecule has 0 amide bonds. The van der Waals surface area contributed by atoms with Crippen molar-refractivity contribution in [1.82, 2.24) is 0 Å². The minimum absolute atomic E-state index is 0.126. The second kappa shape index (κ2) is 4.61. The van der Waals surface area contributed by atoms with Crippen LogP contribution in [-0.4, -0.2) is 23.0 Å². The number of nitro groups is 1. The average molecular weight is 277 g/mol. The van der Waals surface area contributed by atoms with Crippen molar-refractivity contribution in [1.29, 1.82) is 0 Å². The molecule has 0 unspecified atom stereocenters. The first-order valence-corrected chi connectivity index (χ1v) is 5.89.